The fourth-order valence-corrected chi connectivity index (χ4v) is 4.42. The zero-order chi connectivity index (χ0) is 23.0. The van der Waals surface area contributed by atoms with E-state index < -0.39 is 38.2 Å². The molecule has 0 bridgehead atoms. The summed E-state index contributed by atoms with van der Waals surface area (Å²) in [7, 11) is -4.57. The topological polar surface area (TPSA) is 77.4 Å². The van der Waals surface area contributed by atoms with Crippen molar-refractivity contribution >= 4 is 32.6 Å². The Morgan fingerprint density at radius 1 is 1.03 bits per heavy atom. The van der Waals surface area contributed by atoms with Gasteiger partial charge in [0.1, 0.15) is 12.1 Å². The summed E-state index contributed by atoms with van der Waals surface area (Å²) in [6.07, 6.45) is -3.26. The lowest BCUT2D eigenvalue weighted by molar-refractivity contribution is -0.155. The Kier molecular flexibility index (Phi) is 5.79. The van der Waals surface area contributed by atoms with Crippen molar-refractivity contribution in [1.82, 2.24) is 4.57 Å². The van der Waals surface area contributed by atoms with Gasteiger partial charge in [0.15, 0.2) is 0 Å². The van der Waals surface area contributed by atoms with Crippen molar-refractivity contribution in [3.05, 3.63) is 60.3 Å². The smallest absolute Gasteiger partial charge is 0.417 e. The number of fused-ring (bicyclic) bond motifs is 1. The van der Waals surface area contributed by atoms with Gasteiger partial charge in [0, 0.05) is 11.6 Å². The monoisotopic (exact) mass is 454 g/mol. The number of para-hydroxylation sites is 1. The molecular weight excluding hydrogens is 433 g/mol. The molecule has 31 heavy (non-hydrogen) atoms. The third kappa shape index (κ3) is 5.19. The number of hydrogen-bond donors (Lipinski definition) is 1. The maximum atomic E-state index is 13.3. The van der Waals surface area contributed by atoms with Gasteiger partial charge in [-0.25, -0.2) is 8.42 Å². The molecule has 1 N–H and O–H groups in total. The van der Waals surface area contributed by atoms with Crippen LogP contribution < -0.4 is 4.72 Å². The number of esters is 1. The lowest BCUT2D eigenvalue weighted by Crippen LogP contribution is -2.26. The Labute approximate surface area is 177 Å². The van der Waals surface area contributed by atoms with Crippen LogP contribution in [0.2, 0.25) is 0 Å². The van der Waals surface area contributed by atoms with Crippen molar-refractivity contribution in [2.45, 2.75) is 44.0 Å². The highest BCUT2D eigenvalue weighted by molar-refractivity contribution is 7.92. The summed E-state index contributed by atoms with van der Waals surface area (Å²) in [5, 5.41) is 0.605. The predicted molar refractivity (Wildman–Crippen MR) is 110 cm³/mol. The van der Waals surface area contributed by atoms with E-state index in [9.17, 15) is 26.4 Å². The Bertz CT molecular complexity index is 1230. The Morgan fingerprint density at radius 2 is 1.71 bits per heavy atom. The summed E-state index contributed by atoms with van der Waals surface area (Å²) in [6, 6.07) is 10.3. The number of aromatic nitrogens is 1. The number of nitrogens with zero attached hydrogens (tertiary/aromatic N) is 1. The molecule has 6 nitrogen and oxygen atoms in total. The summed E-state index contributed by atoms with van der Waals surface area (Å²) in [6.45, 7) is 4.96. The number of benzene rings is 2. The average Bonchev–Trinajstić information content (AvgIpc) is 3.03. The highest BCUT2D eigenvalue weighted by Gasteiger charge is 2.37. The molecule has 1 aromatic heterocycles. The van der Waals surface area contributed by atoms with Gasteiger partial charge in [-0.3, -0.25) is 9.52 Å². The van der Waals surface area contributed by atoms with Gasteiger partial charge in [0.25, 0.3) is 10.0 Å². The molecule has 0 atom stereocenters. The Morgan fingerprint density at radius 3 is 2.35 bits per heavy atom. The third-order valence-electron chi connectivity index (χ3n) is 4.23. The summed E-state index contributed by atoms with van der Waals surface area (Å²) in [4.78, 5) is 11.4. The van der Waals surface area contributed by atoms with Crippen LogP contribution in [0.1, 0.15) is 26.3 Å². The Hall–Kier alpha value is -3.01. The molecule has 0 saturated heterocycles. The van der Waals surface area contributed by atoms with Crippen molar-refractivity contribution in [2.75, 3.05) is 4.72 Å². The van der Waals surface area contributed by atoms with Crippen LogP contribution in [0.25, 0.3) is 10.9 Å². The first-order chi connectivity index (χ1) is 14.3. The number of carbonyl (C=O) groups is 1. The maximum Gasteiger partial charge on any atom is 0.417 e. The van der Waals surface area contributed by atoms with Crippen LogP contribution in [0.3, 0.4) is 0 Å². The van der Waals surface area contributed by atoms with Crippen LogP contribution in [0.5, 0.6) is 0 Å². The molecule has 0 saturated carbocycles. The standard InChI is InChI=1S/C21H21F3N2O4S/c1-20(2,3)30-18(27)13-26-12-11-14-7-6-9-16(19(14)26)25-31(28,29)17-10-5-4-8-15(17)21(22,23)24/h4-12,25H,13H2,1-3H3. The van der Waals surface area contributed by atoms with E-state index in [1.54, 1.807) is 45.2 Å². The van der Waals surface area contributed by atoms with Crippen LogP contribution in [-0.2, 0) is 32.3 Å². The van der Waals surface area contributed by atoms with Crippen LogP contribution in [0.4, 0.5) is 18.9 Å². The van der Waals surface area contributed by atoms with E-state index in [0.29, 0.717) is 17.0 Å². The van der Waals surface area contributed by atoms with Crippen molar-refractivity contribution in [2.24, 2.45) is 0 Å². The van der Waals surface area contributed by atoms with Gasteiger partial charge in [-0.05, 0) is 45.0 Å². The van der Waals surface area contributed by atoms with E-state index in [1.807, 2.05) is 0 Å². The molecule has 3 aromatic rings. The summed E-state index contributed by atoms with van der Waals surface area (Å²) < 4.78 is 74.7. The van der Waals surface area contributed by atoms with Gasteiger partial charge in [-0.2, -0.15) is 13.2 Å². The molecule has 0 spiro atoms. The minimum absolute atomic E-state index is 0.0445. The highest BCUT2D eigenvalue weighted by Crippen LogP contribution is 2.35. The number of anilines is 1. The lowest BCUT2D eigenvalue weighted by Gasteiger charge is -2.20. The summed E-state index contributed by atoms with van der Waals surface area (Å²) in [5.74, 6) is -0.537. The number of alkyl halides is 3. The van der Waals surface area contributed by atoms with E-state index in [-0.39, 0.29) is 12.2 Å². The molecule has 10 heteroatoms. The van der Waals surface area contributed by atoms with E-state index in [1.165, 1.54) is 16.7 Å². The summed E-state index contributed by atoms with van der Waals surface area (Å²) in [5.41, 5.74) is -1.57. The van der Waals surface area contributed by atoms with Gasteiger partial charge in [-0.15, -0.1) is 0 Å². The van der Waals surface area contributed by atoms with Gasteiger partial charge in [-0.1, -0.05) is 24.3 Å². The maximum absolute atomic E-state index is 13.3. The lowest BCUT2D eigenvalue weighted by atomic mass is 10.2. The number of carbonyl (C=O) groups excluding carboxylic acids is 1. The van der Waals surface area contributed by atoms with Crippen molar-refractivity contribution in [3.63, 3.8) is 0 Å². The minimum Gasteiger partial charge on any atom is -0.459 e. The van der Waals surface area contributed by atoms with Gasteiger partial charge < -0.3 is 9.30 Å². The second-order valence-electron chi connectivity index (χ2n) is 7.87. The number of ether oxygens (including phenoxy) is 1. The molecule has 1 heterocycles. The quantitative estimate of drug-likeness (QED) is 0.562. The number of rotatable bonds is 5. The first-order valence-electron chi connectivity index (χ1n) is 9.27. The molecule has 0 aliphatic carbocycles. The largest absolute Gasteiger partial charge is 0.459 e. The van der Waals surface area contributed by atoms with Gasteiger partial charge in [0.2, 0.25) is 0 Å². The van der Waals surface area contributed by atoms with Crippen molar-refractivity contribution in [1.29, 1.82) is 0 Å². The second-order valence-corrected chi connectivity index (χ2v) is 9.52. The van der Waals surface area contributed by atoms with Crippen LogP contribution in [-0.4, -0.2) is 24.6 Å². The van der Waals surface area contributed by atoms with E-state index in [4.69, 9.17) is 4.74 Å². The zero-order valence-corrected chi connectivity index (χ0v) is 17.8. The minimum atomic E-state index is -4.84. The molecular formula is C21H21F3N2O4S. The normalized spacial score (nSPS) is 12.7. The third-order valence-corrected chi connectivity index (χ3v) is 5.66. The van der Waals surface area contributed by atoms with Crippen LogP contribution in [0, 0.1) is 0 Å². The molecule has 166 valence electrons. The van der Waals surface area contributed by atoms with E-state index in [2.05, 4.69) is 4.72 Å². The highest BCUT2D eigenvalue weighted by atomic mass is 32.2. The molecule has 0 unspecified atom stereocenters. The van der Waals surface area contributed by atoms with Crippen LogP contribution in [0.15, 0.2) is 59.6 Å². The summed E-state index contributed by atoms with van der Waals surface area (Å²) >= 11 is 0. The molecule has 0 radical (unpaired) electrons. The first kappa shape index (κ1) is 22.7. The molecule has 2 aromatic carbocycles. The van der Waals surface area contributed by atoms with Gasteiger partial charge in [0.05, 0.1) is 21.7 Å². The van der Waals surface area contributed by atoms with Crippen LogP contribution >= 0.6 is 0 Å². The van der Waals surface area contributed by atoms with Crippen molar-refractivity contribution < 1.29 is 31.1 Å². The number of hydrogen-bond acceptors (Lipinski definition) is 4. The fraction of sp³-hybridized carbons (Fsp3) is 0.286. The molecule has 0 fully saturated rings. The predicted octanol–water partition coefficient (Wildman–Crippen LogP) is 4.80. The Balaban J connectivity index is 2.01. The molecule has 0 aliphatic heterocycles. The van der Waals surface area contributed by atoms with Gasteiger partial charge >= 0.3 is 12.1 Å². The zero-order valence-electron chi connectivity index (χ0n) is 17.0. The molecule has 0 aliphatic rings. The number of nitrogens with one attached hydrogen (secondary N) is 1. The van der Waals surface area contributed by atoms with E-state index >= 15 is 0 Å². The first-order valence-corrected chi connectivity index (χ1v) is 10.7. The second kappa shape index (κ2) is 7.92. The molecule has 3 rings (SSSR count). The molecule has 0 amide bonds. The van der Waals surface area contributed by atoms with E-state index in [0.717, 1.165) is 12.1 Å². The number of sulfonamides is 1. The average molecular weight is 454 g/mol. The fourth-order valence-electron chi connectivity index (χ4n) is 3.12. The number of halogens is 3. The van der Waals surface area contributed by atoms with Crippen molar-refractivity contribution in [3.8, 4) is 0 Å². The SMILES string of the molecule is CC(C)(C)OC(=O)Cn1ccc2cccc(NS(=O)(=O)c3ccccc3C(F)(F)F)c21.